The molecule has 1 aromatic rings. The van der Waals surface area contributed by atoms with Gasteiger partial charge in [-0.3, -0.25) is 9.59 Å². The number of anilines is 1. The first-order valence-corrected chi connectivity index (χ1v) is 9.87. The normalized spacial score (nSPS) is 35.3. The van der Waals surface area contributed by atoms with Gasteiger partial charge in [0.2, 0.25) is 11.8 Å². The van der Waals surface area contributed by atoms with Gasteiger partial charge < -0.3 is 14.5 Å². The average Bonchev–Trinajstić information content (AvgIpc) is 3.21. The van der Waals surface area contributed by atoms with Crippen LogP contribution in [-0.2, 0) is 24.5 Å². The van der Waals surface area contributed by atoms with Crippen molar-refractivity contribution in [3.8, 4) is 6.07 Å². The molecule has 0 bridgehead atoms. The molecule has 2 aliphatic heterocycles. The molecule has 0 N–H and O–H groups in total. The lowest BCUT2D eigenvalue weighted by atomic mass is 9.34. The van der Waals surface area contributed by atoms with E-state index in [2.05, 4.69) is 6.07 Å². The summed E-state index contributed by atoms with van der Waals surface area (Å²) in [5.41, 5.74) is -2.14. The maximum atomic E-state index is 14.2. The maximum absolute atomic E-state index is 14.2. The molecule has 1 aliphatic carbocycles. The van der Waals surface area contributed by atoms with Gasteiger partial charge in [0.05, 0.1) is 24.0 Å². The molecular formula is C22H25N3O4. The number of carbonyl (C=O) groups is 3. The highest BCUT2D eigenvalue weighted by atomic mass is 16.5. The van der Waals surface area contributed by atoms with Gasteiger partial charge in [0.25, 0.3) is 0 Å². The Morgan fingerprint density at radius 1 is 1.28 bits per heavy atom. The van der Waals surface area contributed by atoms with E-state index >= 15 is 0 Å². The van der Waals surface area contributed by atoms with Gasteiger partial charge in [0, 0.05) is 19.3 Å². The number of fused-ring (bicyclic) bond motifs is 3. The first-order valence-electron chi connectivity index (χ1n) is 9.87. The van der Waals surface area contributed by atoms with Crippen molar-refractivity contribution in [2.45, 2.75) is 44.6 Å². The molecule has 0 radical (unpaired) electrons. The lowest BCUT2D eigenvalue weighted by molar-refractivity contribution is -0.182. The van der Waals surface area contributed by atoms with Gasteiger partial charge in [-0.2, -0.15) is 5.26 Å². The van der Waals surface area contributed by atoms with Crippen molar-refractivity contribution in [3.63, 3.8) is 0 Å². The van der Waals surface area contributed by atoms with E-state index in [9.17, 15) is 19.6 Å². The Morgan fingerprint density at radius 3 is 2.62 bits per heavy atom. The van der Waals surface area contributed by atoms with Gasteiger partial charge in [-0.15, -0.1) is 0 Å². The molecule has 2 fully saturated rings. The van der Waals surface area contributed by atoms with Gasteiger partial charge >= 0.3 is 5.97 Å². The number of rotatable bonds is 2. The number of hydrogen-bond acceptors (Lipinski definition) is 5. The van der Waals surface area contributed by atoms with E-state index in [4.69, 9.17) is 4.74 Å². The number of esters is 1. The van der Waals surface area contributed by atoms with Crippen molar-refractivity contribution in [2.75, 3.05) is 25.6 Å². The van der Waals surface area contributed by atoms with Crippen molar-refractivity contribution >= 4 is 23.5 Å². The highest BCUT2D eigenvalue weighted by Crippen LogP contribution is 2.72. The molecule has 0 aromatic heterocycles. The van der Waals surface area contributed by atoms with Gasteiger partial charge in [0.15, 0.2) is 0 Å². The Labute approximate surface area is 170 Å². The molecule has 1 saturated carbocycles. The van der Waals surface area contributed by atoms with Crippen LogP contribution in [0.2, 0.25) is 0 Å². The zero-order chi connectivity index (χ0) is 21.2. The zero-order valence-electron chi connectivity index (χ0n) is 17.2. The third kappa shape index (κ3) is 2.04. The number of para-hydroxylation sites is 1. The summed E-state index contributed by atoms with van der Waals surface area (Å²) in [6, 6.07) is 8.96. The fraction of sp³-hybridized carbons (Fsp3) is 0.545. The molecule has 7 heteroatoms. The highest BCUT2D eigenvalue weighted by Gasteiger charge is 2.80. The van der Waals surface area contributed by atoms with Gasteiger partial charge in [-0.05, 0) is 44.7 Å². The summed E-state index contributed by atoms with van der Waals surface area (Å²) in [6.45, 7) is 3.94. The summed E-state index contributed by atoms with van der Waals surface area (Å²) in [5.74, 6) is -0.956. The van der Waals surface area contributed by atoms with Crippen molar-refractivity contribution in [3.05, 3.63) is 29.8 Å². The van der Waals surface area contributed by atoms with Crippen LogP contribution in [0.1, 0.15) is 38.7 Å². The molecule has 2 heterocycles. The second kappa shape index (κ2) is 6.06. The second-order valence-corrected chi connectivity index (χ2v) is 8.76. The minimum Gasteiger partial charge on any atom is -0.467 e. The van der Waals surface area contributed by atoms with Crippen LogP contribution in [0.3, 0.4) is 0 Å². The maximum Gasteiger partial charge on any atom is 0.328 e. The second-order valence-electron chi connectivity index (χ2n) is 8.76. The van der Waals surface area contributed by atoms with Crippen LogP contribution < -0.4 is 4.90 Å². The predicted molar refractivity (Wildman–Crippen MR) is 105 cm³/mol. The highest BCUT2D eigenvalue weighted by molar-refractivity contribution is 6.12. The van der Waals surface area contributed by atoms with Crippen LogP contribution in [0.25, 0.3) is 0 Å². The Morgan fingerprint density at radius 2 is 1.97 bits per heavy atom. The topological polar surface area (TPSA) is 90.7 Å². The smallest absolute Gasteiger partial charge is 0.328 e. The molecule has 4 rings (SSSR count). The quantitative estimate of drug-likeness (QED) is 0.715. The Kier molecular flexibility index (Phi) is 4.06. The van der Waals surface area contributed by atoms with Crippen LogP contribution in [0.4, 0.5) is 5.69 Å². The first kappa shape index (κ1) is 19.4. The Hall–Kier alpha value is -2.88. The van der Waals surface area contributed by atoms with E-state index < -0.39 is 28.3 Å². The van der Waals surface area contributed by atoms with Gasteiger partial charge in [-0.1, -0.05) is 18.2 Å². The van der Waals surface area contributed by atoms with Crippen molar-refractivity contribution in [2.24, 2.45) is 10.8 Å². The fourth-order valence-electron chi connectivity index (χ4n) is 6.18. The largest absolute Gasteiger partial charge is 0.467 e. The summed E-state index contributed by atoms with van der Waals surface area (Å²) in [6.07, 6.45) is 1.48. The molecule has 0 unspecified atom stereocenters. The number of methoxy groups -OCH3 is 1. The summed E-state index contributed by atoms with van der Waals surface area (Å²) < 4.78 is 4.92. The minimum absolute atomic E-state index is 0.175. The van der Waals surface area contributed by atoms with Crippen LogP contribution in [0.5, 0.6) is 0 Å². The molecule has 152 valence electrons. The third-order valence-corrected chi connectivity index (χ3v) is 7.36. The molecule has 7 nitrogen and oxygen atoms in total. The minimum atomic E-state index is -1.34. The van der Waals surface area contributed by atoms with Crippen molar-refractivity contribution < 1.29 is 19.1 Å². The molecule has 0 spiro atoms. The van der Waals surface area contributed by atoms with E-state index in [1.54, 1.807) is 31.9 Å². The average molecular weight is 395 g/mol. The van der Waals surface area contributed by atoms with Crippen LogP contribution >= 0.6 is 0 Å². The van der Waals surface area contributed by atoms with Crippen LogP contribution in [-0.4, -0.2) is 49.4 Å². The zero-order valence-corrected chi connectivity index (χ0v) is 17.2. The van der Waals surface area contributed by atoms with E-state index in [1.165, 1.54) is 12.0 Å². The van der Waals surface area contributed by atoms with Crippen molar-refractivity contribution in [1.82, 2.24) is 4.90 Å². The van der Waals surface area contributed by atoms with Gasteiger partial charge in [-0.25, -0.2) is 4.79 Å². The van der Waals surface area contributed by atoms with Gasteiger partial charge in [0.1, 0.15) is 11.5 Å². The Bertz CT molecular complexity index is 969. The molecule has 1 aromatic carbocycles. The molecular weight excluding hydrogens is 370 g/mol. The van der Waals surface area contributed by atoms with Crippen molar-refractivity contribution in [1.29, 1.82) is 5.26 Å². The fourth-order valence-corrected chi connectivity index (χ4v) is 6.18. The summed E-state index contributed by atoms with van der Waals surface area (Å²) in [7, 11) is 3.01. The number of nitriles is 1. The summed E-state index contributed by atoms with van der Waals surface area (Å²) in [5, 5.41) is 10.1. The number of likely N-dealkylation sites (tertiary alicyclic amines) is 1. The van der Waals surface area contributed by atoms with E-state index in [-0.39, 0.29) is 18.2 Å². The Balaban J connectivity index is 1.97. The standard InChI is InChI=1S/C22H25N3O4/c1-20(13-23)12-21(2)18(27)24(3)15-9-6-5-8-14(15)22(20,21)19(28)25-11-7-10-16(25)17(26)29-4/h5-6,8-9,16H,7,10-12H2,1-4H3/t16-,20+,21-,22+/m0/s1. The number of hydrogen-bond donors (Lipinski definition) is 0. The lowest BCUT2D eigenvalue weighted by Gasteiger charge is -2.67. The molecule has 1 saturated heterocycles. The summed E-state index contributed by atoms with van der Waals surface area (Å²) in [4.78, 5) is 43.1. The lowest BCUT2D eigenvalue weighted by Crippen LogP contribution is -2.78. The summed E-state index contributed by atoms with van der Waals surface area (Å²) >= 11 is 0. The molecule has 3 aliphatic rings. The predicted octanol–water partition coefficient (Wildman–Crippen LogP) is 2.00. The number of amides is 2. The SMILES string of the molecule is COC(=O)[C@@H]1CCCN1C(=O)[C@@]12c3ccccc3N(C)C(=O)[C@]1(C)C[C@]2(C)C#N. The number of benzene rings is 1. The number of carbonyl (C=O) groups excluding carboxylic acids is 3. The molecule has 4 atom stereocenters. The molecule has 29 heavy (non-hydrogen) atoms. The monoisotopic (exact) mass is 395 g/mol. The van der Waals surface area contributed by atoms with E-state index in [0.29, 0.717) is 30.6 Å². The van der Waals surface area contributed by atoms with E-state index in [0.717, 1.165) is 0 Å². The number of ether oxygens (including phenoxy) is 1. The van der Waals surface area contributed by atoms with E-state index in [1.807, 2.05) is 18.2 Å². The number of nitrogens with zero attached hydrogens (tertiary/aromatic N) is 3. The van der Waals surface area contributed by atoms with Crippen LogP contribution in [0.15, 0.2) is 24.3 Å². The van der Waals surface area contributed by atoms with Crippen LogP contribution in [0, 0.1) is 22.2 Å². The molecule has 2 amide bonds. The third-order valence-electron chi connectivity index (χ3n) is 7.36. The first-order chi connectivity index (χ1) is 13.7.